The fraction of sp³-hybridized carbons (Fsp3) is 0.476. The number of hydrogen-bond acceptors (Lipinski definition) is 3. The van der Waals surface area contributed by atoms with Crippen molar-refractivity contribution in [3.8, 4) is 0 Å². The Morgan fingerprint density at radius 2 is 2.04 bits per heavy atom. The summed E-state index contributed by atoms with van der Waals surface area (Å²) in [6.07, 6.45) is 11.2. The van der Waals surface area contributed by atoms with E-state index in [4.69, 9.17) is 11.6 Å². The van der Waals surface area contributed by atoms with Crippen molar-refractivity contribution in [2.75, 3.05) is 0 Å². The number of rotatable bonds is 5. The van der Waals surface area contributed by atoms with Crippen LogP contribution in [0, 0.1) is 18.8 Å². The maximum atomic E-state index is 13.7. The van der Waals surface area contributed by atoms with Crippen LogP contribution in [0.4, 0.5) is 4.39 Å². The molecule has 1 fully saturated rings. The van der Waals surface area contributed by atoms with Gasteiger partial charge < -0.3 is 4.98 Å². The standard InChI is InChI=1S/C21H24ClFN4/c1-13-17(9-10-24-20(13)23)15-7-5-14(6-8-15)3-2-4-19-26-18-11-16(22)12-25-21(18)27-19/h9-12,14-15H,2-8H2,1H3,(H,25,26,27). The van der Waals surface area contributed by atoms with Crippen LogP contribution in [0.3, 0.4) is 0 Å². The van der Waals surface area contributed by atoms with E-state index >= 15 is 0 Å². The van der Waals surface area contributed by atoms with Gasteiger partial charge in [0.05, 0.1) is 10.5 Å². The van der Waals surface area contributed by atoms with Crippen LogP contribution in [0.25, 0.3) is 11.2 Å². The average Bonchev–Trinajstić information content (AvgIpc) is 3.06. The Labute approximate surface area is 163 Å². The first-order chi connectivity index (χ1) is 13.1. The predicted molar refractivity (Wildman–Crippen MR) is 105 cm³/mol. The van der Waals surface area contributed by atoms with Gasteiger partial charge in [0.1, 0.15) is 5.82 Å². The first-order valence-corrected chi connectivity index (χ1v) is 10.1. The number of hydrogen-bond donors (Lipinski definition) is 1. The molecule has 6 heteroatoms. The number of aryl methyl sites for hydroxylation is 1. The normalized spacial score (nSPS) is 20.3. The highest BCUT2D eigenvalue weighted by molar-refractivity contribution is 6.31. The van der Waals surface area contributed by atoms with Crippen LogP contribution in [0.2, 0.25) is 5.02 Å². The minimum absolute atomic E-state index is 0.323. The number of aromatic nitrogens is 4. The molecule has 0 saturated heterocycles. The molecular formula is C21H24ClFN4. The Bertz CT molecular complexity index is 931. The minimum atomic E-state index is -0.323. The Morgan fingerprint density at radius 3 is 2.85 bits per heavy atom. The minimum Gasteiger partial charge on any atom is -0.341 e. The van der Waals surface area contributed by atoms with E-state index in [1.807, 2.05) is 19.1 Å². The molecule has 0 atom stereocenters. The van der Waals surface area contributed by atoms with Crippen LogP contribution in [-0.2, 0) is 6.42 Å². The van der Waals surface area contributed by atoms with Crippen LogP contribution >= 0.6 is 11.6 Å². The summed E-state index contributed by atoms with van der Waals surface area (Å²) in [5, 5.41) is 0.624. The molecule has 0 bridgehead atoms. The lowest BCUT2D eigenvalue weighted by molar-refractivity contribution is 0.303. The van der Waals surface area contributed by atoms with E-state index in [9.17, 15) is 4.39 Å². The van der Waals surface area contributed by atoms with Crippen molar-refractivity contribution >= 4 is 22.8 Å². The molecule has 3 aromatic heterocycles. The van der Waals surface area contributed by atoms with Gasteiger partial charge >= 0.3 is 0 Å². The molecule has 0 spiro atoms. The molecule has 4 rings (SSSR count). The maximum Gasteiger partial charge on any atom is 0.216 e. The van der Waals surface area contributed by atoms with Crippen molar-refractivity contribution < 1.29 is 4.39 Å². The Kier molecular flexibility index (Phi) is 5.39. The lowest BCUT2D eigenvalue weighted by atomic mass is 9.76. The van der Waals surface area contributed by atoms with E-state index in [-0.39, 0.29) is 5.95 Å². The molecule has 1 aliphatic rings. The Hall–Kier alpha value is -2.01. The molecule has 0 amide bonds. The highest BCUT2D eigenvalue weighted by Gasteiger charge is 2.24. The van der Waals surface area contributed by atoms with Gasteiger partial charge in [0, 0.05) is 24.4 Å². The summed E-state index contributed by atoms with van der Waals surface area (Å²) in [4.78, 5) is 15.8. The predicted octanol–water partition coefficient (Wildman–Crippen LogP) is 5.75. The van der Waals surface area contributed by atoms with Crippen molar-refractivity contribution in [2.45, 2.75) is 57.8 Å². The third-order valence-electron chi connectivity index (χ3n) is 5.85. The first kappa shape index (κ1) is 18.4. The third-order valence-corrected chi connectivity index (χ3v) is 6.06. The SMILES string of the molecule is Cc1c(C2CCC(CCCc3nc4ncc(Cl)cc4[nH]3)CC2)ccnc1F. The molecule has 3 heterocycles. The topological polar surface area (TPSA) is 54.5 Å². The number of nitrogens with one attached hydrogen (secondary N) is 1. The highest BCUT2D eigenvalue weighted by atomic mass is 35.5. The van der Waals surface area contributed by atoms with Crippen molar-refractivity contribution in [1.82, 2.24) is 19.9 Å². The zero-order chi connectivity index (χ0) is 18.8. The van der Waals surface area contributed by atoms with Gasteiger partial charge in [-0.3, -0.25) is 0 Å². The summed E-state index contributed by atoms with van der Waals surface area (Å²) in [6.45, 7) is 1.85. The number of pyridine rings is 2. The number of halogens is 2. The smallest absolute Gasteiger partial charge is 0.216 e. The summed E-state index contributed by atoms with van der Waals surface area (Å²) in [6, 6.07) is 3.86. The molecular weight excluding hydrogens is 363 g/mol. The summed E-state index contributed by atoms with van der Waals surface area (Å²) in [7, 11) is 0. The molecule has 0 aromatic carbocycles. The molecule has 3 aromatic rings. The van der Waals surface area contributed by atoms with Crippen molar-refractivity contribution in [2.24, 2.45) is 5.92 Å². The molecule has 1 N–H and O–H groups in total. The molecule has 1 saturated carbocycles. The number of aromatic amines is 1. The molecule has 0 radical (unpaired) electrons. The Balaban J connectivity index is 1.27. The number of imidazole rings is 1. The molecule has 27 heavy (non-hydrogen) atoms. The number of nitrogens with zero attached hydrogens (tertiary/aromatic N) is 3. The van der Waals surface area contributed by atoms with Gasteiger partial charge in [-0.1, -0.05) is 18.0 Å². The van der Waals surface area contributed by atoms with Gasteiger partial charge in [-0.15, -0.1) is 0 Å². The molecule has 0 unspecified atom stereocenters. The zero-order valence-corrected chi connectivity index (χ0v) is 16.3. The molecule has 0 aliphatic heterocycles. The molecule has 142 valence electrons. The van der Waals surface area contributed by atoms with Crippen molar-refractivity contribution in [3.63, 3.8) is 0 Å². The summed E-state index contributed by atoms with van der Waals surface area (Å²) in [5.74, 6) is 1.89. The van der Waals surface area contributed by atoms with Gasteiger partial charge in [0.2, 0.25) is 5.95 Å². The van der Waals surface area contributed by atoms with Crippen LogP contribution in [0.1, 0.15) is 61.4 Å². The lowest BCUT2D eigenvalue weighted by Crippen LogP contribution is -2.15. The molecule has 1 aliphatic carbocycles. The second-order valence-electron chi connectivity index (χ2n) is 7.63. The van der Waals surface area contributed by atoms with Gasteiger partial charge in [-0.05, 0) is 68.6 Å². The summed E-state index contributed by atoms with van der Waals surface area (Å²) in [5.41, 5.74) is 3.50. The zero-order valence-electron chi connectivity index (χ0n) is 15.5. The van der Waals surface area contributed by atoms with Gasteiger partial charge in [-0.25, -0.2) is 15.0 Å². The van der Waals surface area contributed by atoms with E-state index in [0.29, 0.717) is 10.9 Å². The quantitative estimate of drug-likeness (QED) is 0.568. The number of H-pyrrole nitrogens is 1. The van der Waals surface area contributed by atoms with Crippen LogP contribution in [0.5, 0.6) is 0 Å². The van der Waals surface area contributed by atoms with E-state index in [0.717, 1.165) is 59.7 Å². The largest absolute Gasteiger partial charge is 0.341 e. The van der Waals surface area contributed by atoms with Gasteiger partial charge in [0.15, 0.2) is 5.65 Å². The van der Waals surface area contributed by atoms with Gasteiger partial charge in [0.25, 0.3) is 0 Å². The monoisotopic (exact) mass is 386 g/mol. The maximum absolute atomic E-state index is 13.7. The van der Waals surface area contributed by atoms with Gasteiger partial charge in [-0.2, -0.15) is 4.39 Å². The van der Waals surface area contributed by atoms with Crippen molar-refractivity contribution in [1.29, 1.82) is 0 Å². The fourth-order valence-corrected chi connectivity index (χ4v) is 4.49. The second kappa shape index (κ2) is 7.93. The summed E-state index contributed by atoms with van der Waals surface area (Å²) >= 11 is 5.97. The first-order valence-electron chi connectivity index (χ1n) is 9.71. The third kappa shape index (κ3) is 4.13. The van der Waals surface area contributed by atoms with E-state index in [1.165, 1.54) is 19.3 Å². The lowest BCUT2D eigenvalue weighted by Gasteiger charge is -2.29. The van der Waals surface area contributed by atoms with Crippen molar-refractivity contribution in [3.05, 3.63) is 52.4 Å². The van der Waals surface area contributed by atoms with Crippen LogP contribution in [-0.4, -0.2) is 19.9 Å². The van der Waals surface area contributed by atoms with E-state index in [2.05, 4.69) is 19.9 Å². The Morgan fingerprint density at radius 1 is 1.22 bits per heavy atom. The molecule has 4 nitrogen and oxygen atoms in total. The fourth-order valence-electron chi connectivity index (χ4n) is 4.33. The second-order valence-corrected chi connectivity index (χ2v) is 8.07. The van der Waals surface area contributed by atoms with Crippen LogP contribution < -0.4 is 0 Å². The van der Waals surface area contributed by atoms with Crippen LogP contribution in [0.15, 0.2) is 24.5 Å². The van der Waals surface area contributed by atoms with E-state index in [1.54, 1.807) is 12.4 Å². The summed E-state index contributed by atoms with van der Waals surface area (Å²) < 4.78 is 13.7. The number of fused-ring (bicyclic) bond motifs is 1. The highest BCUT2D eigenvalue weighted by Crippen LogP contribution is 2.38. The average molecular weight is 387 g/mol. The van der Waals surface area contributed by atoms with E-state index < -0.39 is 0 Å².